The maximum absolute atomic E-state index is 13.0. The molecule has 2 amide bonds. The highest BCUT2D eigenvalue weighted by atomic mass is 35.5. The van der Waals surface area contributed by atoms with E-state index in [1.807, 2.05) is 4.90 Å². The van der Waals surface area contributed by atoms with Gasteiger partial charge in [0.1, 0.15) is 0 Å². The maximum atomic E-state index is 13.0. The molecule has 0 atom stereocenters. The van der Waals surface area contributed by atoms with Crippen molar-refractivity contribution in [1.82, 2.24) is 9.80 Å². The molecule has 0 saturated carbocycles. The van der Waals surface area contributed by atoms with Crippen LogP contribution in [-0.2, 0) is 17.5 Å². The van der Waals surface area contributed by atoms with Crippen LogP contribution in [0.1, 0.15) is 21.5 Å². The lowest BCUT2D eigenvalue weighted by Crippen LogP contribution is -2.48. The molecule has 1 heterocycles. The first-order valence-electron chi connectivity index (χ1n) is 10.0. The number of nitrogens with two attached hydrogens (primary N) is 1. The molecule has 0 unspecified atom stereocenters. The molecule has 1 aliphatic heterocycles. The number of alkyl halides is 3. The number of carbonyl (C=O) groups excluding carboxylic acids is 2. The van der Waals surface area contributed by atoms with Crippen LogP contribution in [0.15, 0.2) is 36.4 Å². The van der Waals surface area contributed by atoms with Gasteiger partial charge in [-0.05, 0) is 23.8 Å². The molecule has 2 N–H and O–H groups in total. The number of amides is 2. The number of primary amides is 1. The van der Waals surface area contributed by atoms with Gasteiger partial charge in [0.05, 0.1) is 17.7 Å². The SMILES string of the molecule is COc1cc(C(=O)N2CCN(Cc3cccc(C(F)(F)F)c3)CC2)cc(Cl)c1OCC(N)=O. The Balaban J connectivity index is 1.63. The quantitative estimate of drug-likeness (QED) is 0.651. The number of carbonyl (C=O) groups is 2. The van der Waals surface area contributed by atoms with Gasteiger partial charge in [0.15, 0.2) is 18.1 Å². The molecule has 1 aliphatic rings. The molecule has 0 aromatic heterocycles. The molecular weight excluding hydrogens is 463 g/mol. The zero-order valence-corrected chi connectivity index (χ0v) is 18.6. The van der Waals surface area contributed by atoms with Gasteiger partial charge in [-0.1, -0.05) is 29.8 Å². The first-order valence-corrected chi connectivity index (χ1v) is 10.4. The Labute approximate surface area is 193 Å². The summed E-state index contributed by atoms with van der Waals surface area (Å²) in [5, 5.41) is 0.0992. The number of ether oxygens (including phenoxy) is 2. The molecular formula is C22H23ClF3N3O4. The Bertz CT molecular complexity index is 1020. The van der Waals surface area contributed by atoms with Gasteiger partial charge in [-0.25, -0.2) is 0 Å². The number of piperazine rings is 1. The Kier molecular flexibility index (Phi) is 7.70. The topological polar surface area (TPSA) is 85.1 Å². The lowest BCUT2D eigenvalue weighted by molar-refractivity contribution is -0.137. The Morgan fingerprint density at radius 1 is 1.12 bits per heavy atom. The van der Waals surface area contributed by atoms with Gasteiger partial charge >= 0.3 is 6.18 Å². The smallest absolute Gasteiger partial charge is 0.416 e. The minimum absolute atomic E-state index is 0.0992. The summed E-state index contributed by atoms with van der Waals surface area (Å²) in [5.41, 5.74) is 5.25. The lowest BCUT2D eigenvalue weighted by atomic mass is 10.1. The van der Waals surface area contributed by atoms with Gasteiger partial charge in [0.25, 0.3) is 11.8 Å². The maximum Gasteiger partial charge on any atom is 0.416 e. The van der Waals surface area contributed by atoms with E-state index in [-0.39, 0.29) is 28.0 Å². The van der Waals surface area contributed by atoms with E-state index in [2.05, 4.69) is 0 Å². The van der Waals surface area contributed by atoms with Gasteiger partial charge < -0.3 is 20.1 Å². The summed E-state index contributed by atoms with van der Waals surface area (Å²) in [5.74, 6) is -0.651. The van der Waals surface area contributed by atoms with Crippen molar-refractivity contribution in [1.29, 1.82) is 0 Å². The Morgan fingerprint density at radius 3 is 2.42 bits per heavy atom. The molecule has 0 aliphatic carbocycles. The zero-order chi connectivity index (χ0) is 24.2. The van der Waals surface area contributed by atoms with Crippen molar-refractivity contribution >= 4 is 23.4 Å². The van der Waals surface area contributed by atoms with E-state index >= 15 is 0 Å². The van der Waals surface area contributed by atoms with Crippen molar-refractivity contribution < 1.29 is 32.2 Å². The standard InChI is InChI=1S/C22H23ClF3N3O4/c1-32-18-11-15(10-17(23)20(18)33-13-19(27)30)21(31)29-7-5-28(6-8-29)12-14-3-2-4-16(9-14)22(24,25)26/h2-4,9-11H,5-8,12-13H2,1H3,(H2,27,30). The molecule has 1 fully saturated rings. The highest BCUT2D eigenvalue weighted by molar-refractivity contribution is 6.32. The second-order valence-corrected chi connectivity index (χ2v) is 7.92. The van der Waals surface area contributed by atoms with Crippen molar-refractivity contribution in [3.63, 3.8) is 0 Å². The normalized spacial score (nSPS) is 14.8. The number of hydrogen-bond donors (Lipinski definition) is 1. The van der Waals surface area contributed by atoms with Crippen molar-refractivity contribution in [2.45, 2.75) is 12.7 Å². The molecule has 2 aromatic rings. The van der Waals surface area contributed by atoms with Crippen LogP contribution in [0.2, 0.25) is 5.02 Å². The molecule has 1 saturated heterocycles. The molecule has 7 nitrogen and oxygen atoms in total. The van der Waals surface area contributed by atoms with Crippen molar-refractivity contribution in [2.24, 2.45) is 5.73 Å². The summed E-state index contributed by atoms with van der Waals surface area (Å²) in [6.45, 7) is 1.78. The highest BCUT2D eigenvalue weighted by Gasteiger charge is 2.31. The number of halogens is 4. The van der Waals surface area contributed by atoms with Gasteiger partial charge in [0, 0.05) is 38.3 Å². The van der Waals surface area contributed by atoms with Crippen molar-refractivity contribution in [2.75, 3.05) is 39.9 Å². The van der Waals surface area contributed by atoms with Crippen LogP contribution >= 0.6 is 11.6 Å². The number of methoxy groups -OCH3 is 1. The lowest BCUT2D eigenvalue weighted by Gasteiger charge is -2.35. The Morgan fingerprint density at radius 2 is 1.82 bits per heavy atom. The number of nitrogens with zero attached hydrogens (tertiary/aromatic N) is 2. The van der Waals surface area contributed by atoms with Crippen LogP contribution < -0.4 is 15.2 Å². The average molecular weight is 486 g/mol. The third kappa shape index (κ3) is 6.29. The van der Waals surface area contributed by atoms with Gasteiger partial charge in [-0.2, -0.15) is 13.2 Å². The summed E-state index contributed by atoms with van der Waals surface area (Å²) >= 11 is 6.22. The van der Waals surface area contributed by atoms with Crippen LogP contribution in [0.3, 0.4) is 0 Å². The predicted octanol–water partition coefficient (Wildman–Crippen LogP) is 3.19. The first-order chi connectivity index (χ1) is 15.6. The molecule has 33 heavy (non-hydrogen) atoms. The molecule has 0 spiro atoms. The third-order valence-corrected chi connectivity index (χ3v) is 5.44. The highest BCUT2D eigenvalue weighted by Crippen LogP contribution is 2.37. The number of rotatable bonds is 7. The summed E-state index contributed by atoms with van der Waals surface area (Å²) < 4.78 is 49.3. The van der Waals surface area contributed by atoms with Crippen LogP contribution in [-0.4, -0.2) is 61.5 Å². The fraction of sp³-hybridized carbons (Fsp3) is 0.364. The molecule has 0 radical (unpaired) electrons. The van der Waals surface area contributed by atoms with Crippen molar-refractivity contribution in [3.8, 4) is 11.5 Å². The second-order valence-electron chi connectivity index (χ2n) is 7.51. The fourth-order valence-corrected chi connectivity index (χ4v) is 3.79. The summed E-state index contributed by atoms with van der Waals surface area (Å²) in [6.07, 6.45) is -4.39. The van der Waals surface area contributed by atoms with E-state index < -0.39 is 24.3 Å². The Hall–Kier alpha value is -2.98. The van der Waals surface area contributed by atoms with E-state index in [1.165, 1.54) is 25.3 Å². The fourth-order valence-electron chi connectivity index (χ4n) is 3.52. The van der Waals surface area contributed by atoms with Crippen LogP contribution in [0.4, 0.5) is 13.2 Å². The summed E-state index contributed by atoms with van der Waals surface area (Å²) in [6, 6.07) is 8.14. The second kappa shape index (κ2) is 10.3. The number of hydrogen-bond acceptors (Lipinski definition) is 5. The molecule has 2 aromatic carbocycles. The van der Waals surface area contributed by atoms with Crippen LogP contribution in [0, 0.1) is 0 Å². The van der Waals surface area contributed by atoms with E-state index in [9.17, 15) is 22.8 Å². The monoisotopic (exact) mass is 485 g/mol. The van der Waals surface area contributed by atoms with E-state index in [0.29, 0.717) is 38.3 Å². The van der Waals surface area contributed by atoms with E-state index in [1.54, 1.807) is 11.0 Å². The van der Waals surface area contributed by atoms with Gasteiger partial charge in [-0.15, -0.1) is 0 Å². The van der Waals surface area contributed by atoms with E-state index in [0.717, 1.165) is 12.1 Å². The zero-order valence-electron chi connectivity index (χ0n) is 17.8. The summed E-state index contributed by atoms with van der Waals surface area (Å²) in [4.78, 5) is 27.6. The van der Waals surface area contributed by atoms with Gasteiger partial charge in [0.2, 0.25) is 0 Å². The van der Waals surface area contributed by atoms with Gasteiger partial charge in [-0.3, -0.25) is 14.5 Å². The van der Waals surface area contributed by atoms with E-state index in [4.69, 9.17) is 26.8 Å². The third-order valence-electron chi connectivity index (χ3n) is 5.16. The minimum atomic E-state index is -4.39. The predicted molar refractivity (Wildman–Crippen MR) is 115 cm³/mol. The van der Waals surface area contributed by atoms with Crippen molar-refractivity contribution in [3.05, 3.63) is 58.1 Å². The molecule has 3 rings (SSSR count). The van der Waals surface area contributed by atoms with Crippen LogP contribution in [0.5, 0.6) is 11.5 Å². The number of benzene rings is 2. The minimum Gasteiger partial charge on any atom is -0.493 e. The molecule has 0 bridgehead atoms. The largest absolute Gasteiger partial charge is 0.493 e. The molecule has 11 heteroatoms. The first kappa shape index (κ1) is 24.7. The average Bonchev–Trinajstić information content (AvgIpc) is 2.77. The molecule has 178 valence electrons. The van der Waals surface area contributed by atoms with Crippen LogP contribution in [0.25, 0.3) is 0 Å². The summed E-state index contributed by atoms with van der Waals surface area (Å²) in [7, 11) is 1.38.